The normalized spacial score (nSPS) is 17.0. The van der Waals surface area contributed by atoms with Crippen LogP contribution in [0.25, 0.3) is 6.08 Å². The zero-order chi connectivity index (χ0) is 19.7. The van der Waals surface area contributed by atoms with E-state index in [1.54, 1.807) is 41.3 Å². The summed E-state index contributed by atoms with van der Waals surface area (Å²) in [7, 11) is 0. The molecular formula is C20H13N3O3S2. The summed E-state index contributed by atoms with van der Waals surface area (Å²) in [6, 6.07) is 14.0. The Labute approximate surface area is 170 Å². The smallest absolute Gasteiger partial charge is 0.263 e. The number of benzene rings is 2. The SMILES string of the molecule is N#Cc1ccc(C(=O)N2CCOc3ccc(C=C4SC(=S)NC4=O)cc32)cc1. The molecule has 2 aliphatic rings. The summed E-state index contributed by atoms with van der Waals surface area (Å²) in [6.07, 6.45) is 1.73. The Kier molecular flexibility index (Phi) is 4.86. The summed E-state index contributed by atoms with van der Waals surface area (Å²) < 4.78 is 6.10. The zero-order valence-corrected chi connectivity index (χ0v) is 16.1. The predicted molar refractivity (Wildman–Crippen MR) is 111 cm³/mol. The maximum Gasteiger partial charge on any atom is 0.263 e. The first-order valence-corrected chi connectivity index (χ1v) is 9.61. The van der Waals surface area contributed by atoms with Crippen LogP contribution in [0.5, 0.6) is 5.75 Å². The highest BCUT2D eigenvalue weighted by atomic mass is 32.2. The molecule has 0 aliphatic carbocycles. The summed E-state index contributed by atoms with van der Waals surface area (Å²) in [5.41, 5.74) is 2.40. The average Bonchev–Trinajstić information content (AvgIpc) is 3.03. The Bertz CT molecular complexity index is 1070. The van der Waals surface area contributed by atoms with Crippen LogP contribution in [0.1, 0.15) is 21.5 Å². The number of carbonyl (C=O) groups is 2. The highest BCUT2D eigenvalue weighted by molar-refractivity contribution is 8.26. The summed E-state index contributed by atoms with van der Waals surface area (Å²) in [5.74, 6) is 0.205. The maximum atomic E-state index is 13.0. The van der Waals surface area contributed by atoms with Crippen LogP contribution < -0.4 is 15.0 Å². The molecule has 138 valence electrons. The first-order valence-electron chi connectivity index (χ1n) is 8.39. The van der Waals surface area contributed by atoms with Gasteiger partial charge in [-0.15, -0.1) is 0 Å². The van der Waals surface area contributed by atoms with E-state index in [1.165, 1.54) is 11.8 Å². The van der Waals surface area contributed by atoms with Crippen molar-refractivity contribution >= 4 is 51.9 Å². The number of hydrogen-bond donors (Lipinski definition) is 1. The van der Waals surface area contributed by atoms with E-state index in [9.17, 15) is 9.59 Å². The first kappa shape index (κ1) is 18.2. The van der Waals surface area contributed by atoms with E-state index in [4.69, 9.17) is 22.2 Å². The molecule has 28 heavy (non-hydrogen) atoms. The van der Waals surface area contributed by atoms with Gasteiger partial charge in [-0.2, -0.15) is 5.26 Å². The molecule has 2 aromatic rings. The largest absolute Gasteiger partial charge is 0.490 e. The minimum atomic E-state index is -0.227. The van der Waals surface area contributed by atoms with Crippen molar-refractivity contribution in [3.8, 4) is 11.8 Å². The predicted octanol–water partition coefficient (Wildman–Crippen LogP) is 3.09. The fraction of sp³-hybridized carbons (Fsp3) is 0.100. The molecule has 8 heteroatoms. The summed E-state index contributed by atoms with van der Waals surface area (Å²) in [5, 5.41) is 11.5. The van der Waals surface area contributed by atoms with E-state index in [-0.39, 0.29) is 11.8 Å². The molecule has 0 atom stereocenters. The lowest BCUT2D eigenvalue weighted by molar-refractivity contribution is -0.115. The Morgan fingerprint density at radius 3 is 2.75 bits per heavy atom. The number of fused-ring (bicyclic) bond motifs is 1. The molecular weight excluding hydrogens is 394 g/mol. The molecule has 6 nitrogen and oxygen atoms in total. The van der Waals surface area contributed by atoms with Crippen LogP contribution in [0, 0.1) is 11.3 Å². The highest BCUT2D eigenvalue weighted by Gasteiger charge is 2.26. The van der Waals surface area contributed by atoms with Gasteiger partial charge in [0.1, 0.15) is 16.7 Å². The zero-order valence-electron chi connectivity index (χ0n) is 14.5. The molecule has 2 aromatic carbocycles. The number of carbonyl (C=O) groups excluding carboxylic acids is 2. The van der Waals surface area contributed by atoms with Crippen molar-refractivity contribution in [3.63, 3.8) is 0 Å². The standard InChI is InChI=1S/C20H13N3O3S2/c21-11-12-1-4-14(5-2-12)19(25)23-7-8-26-16-6-3-13(9-15(16)23)10-17-18(24)22-20(27)28-17/h1-6,9-10H,7-8H2,(H,22,24,27). The molecule has 2 amide bonds. The van der Waals surface area contributed by atoms with E-state index in [0.29, 0.717) is 44.9 Å². The fourth-order valence-corrected chi connectivity index (χ4v) is 4.00. The molecule has 2 heterocycles. The Morgan fingerprint density at radius 1 is 1.29 bits per heavy atom. The van der Waals surface area contributed by atoms with Crippen LogP contribution in [0.3, 0.4) is 0 Å². The van der Waals surface area contributed by atoms with Crippen molar-refractivity contribution in [2.75, 3.05) is 18.1 Å². The molecule has 0 unspecified atom stereocenters. The summed E-state index contributed by atoms with van der Waals surface area (Å²) in [6.45, 7) is 0.799. The van der Waals surface area contributed by atoms with Crippen molar-refractivity contribution < 1.29 is 14.3 Å². The van der Waals surface area contributed by atoms with Gasteiger partial charge in [-0.05, 0) is 48.0 Å². The van der Waals surface area contributed by atoms with Crippen molar-refractivity contribution in [2.24, 2.45) is 0 Å². The second kappa shape index (κ2) is 7.46. The van der Waals surface area contributed by atoms with Crippen molar-refractivity contribution in [2.45, 2.75) is 0 Å². The van der Waals surface area contributed by atoms with Gasteiger partial charge >= 0.3 is 0 Å². The van der Waals surface area contributed by atoms with E-state index in [2.05, 4.69) is 5.32 Å². The van der Waals surface area contributed by atoms with Crippen molar-refractivity contribution in [1.29, 1.82) is 5.26 Å². The van der Waals surface area contributed by atoms with Crippen LogP contribution >= 0.6 is 24.0 Å². The molecule has 1 N–H and O–H groups in total. The Balaban J connectivity index is 1.67. The monoisotopic (exact) mass is 407 g/mol. The number of amides is 2. The number of ether oxygens (including phenoxy) is 1. The van der Waals surface area contributed by atoms with E-state index in [0.717, 1.165) is 5.56 Å². The Morgan fingerprint density at radius 2 is 2.07 bits per heavy atom. The topological polar surface area (TPSA) is 82.4 Å². The molecule has 0 saturated carbocycles. The minimum Gasteiger partial charge on any atom is -0.490 e. The fourth-order valence-electron chi connectivity index (χ4n) is 2.95. The molecule has 1 fully saturated rings. The Hall–Kier alpha value is -3.15. The molecule has 0 bridgehead atoms. The van der Waals surface area contributed by atoms with Crippen LogP contribution in [-0.2, 0) is 4.79 Å². The minimum absolute atomic E-state index is 0.173. The van der Waals surface area contributed by atoms with Gasteiger partial charge in [-0.1, -0.05) is 30.0 Å². The van der Waals surface area contributed by atoms with Gasteiger partial charge in [-0.25, -0.2) is 0 Å². The second-order valence-corrected chi connectivity index (χ2v) is 7.79. The average molecular weight is 407 g/mol. The molecule has 0 spiro atoms. The van der Waals surface area contributed by atoms with Gasteiger partial charge in [0.25, 0.3) is 11.8 Å². The van der Waals surface area contributed by atoms with Gasteiger partial charge < -0.3 is 15.0 Å². The van der Waals surface area contributed by atoms with Crippen LogP contribution in [0.15, 0.2) is 47.4 Å². The quantitative estimate of drug-likeness (QED) is 0.609. The van der Waals surface area contributed by atoms with Crippen LogP contribution in [0.4, 0.5) is 5.69 Å². The molecule has 0 aromatic heterocycles. The number of thioether (sulfide) groups is 1. The number of nitrogens with one attached hydrogen (secondary N) is 1. The summed E-state index contributed by atoms with van der Waals surface area (Å²) >= 11 is 6.22. The number of nitriles is 1. The van der Waals surface area contributed by atoms with Gasteiger partial charge in [-0.3, -0.25) is 9.59 Å². The molecule has 1 saturated heterocycles. The van der Waals surface area contributed by atoms with Gasteiger partial charge in [0.05, 0.1) is 28.8 Å². The van der Waals surface area contributed by atoms with Crippen LogP contribution in [0.2, 0.25) is 0 Å². The molecule has 4 rings (SSSR count). The van der Waals surface area contributed by atoms with E-state index < -0.39 is 0 Å². The number of hydrogen-bond acceptors (Lipinski definition) is 6. The molecule has 0 radical (unpaired) electrons. The lowest BCUT2D eigenvalue weighted by Gasteiger charge is -2.30. The number of anilines is 1. The third kappa shape index (κ3) is 3.50. The third-order valence-electron chi connectivity index (χ3n) is 4.29. The van der Waals surface area contributed by atoms with Gasteiger partial charge in [0.15, 0.2) is 0 Å². The van der Waals surface area contributed by atoms with Gasteiger partial charge in [0, 0.05) is 5.56 Å². The second-order valence-electron chi connectivity index (χ2n) is 6.07. The summed E-state index contributed by atoms with van der Waals surface area (Å²) in [4.78, 5) is 27.0. The van der Waals surface area contributed by atoms with Crippen molar-refractivity contribution in [3.05, 3.63) is 64.1 Å². The van der Waals surface area contributed by atoms with E-state index in [1.807, 2.05) is 18.2 Å². The van der Waals surface area contributed by atoms with E-state index >= 15 is 0 Å². The highest BCUT2D eigenvalue weighted by Crippen LogP contribution is 2.35. The van der Waals surface area contributed by atoms with Crippen molar-refractivity contribution in [1.82, 2.24) is 5.32 Å². The lowest BCUT2D eigenvalue weighted by Crippen LogP contribution is -2.38. The lowest BCUT2D eigenvalue weighted by atomic mass is 10.1. The third-order valence-corrected chi connectivity index (χ3v) is 5.45. The number of rotatable bonds is 2. The first-order chi connectivity index (χ1) is 13.5. The number of thiocarbonyl (C=S) groups is 1. The molecule has 2 aliphatic heterocycles. The maximum absolute atomic E-state index is 13.0. The van der Waals surface area contributed by atoms with Gasteiger partial charge in [0.2, 0.25) is 0 Å². The van der Waals surface area contributed by atoms with Crippen LogP contribution in [-0.4, -0.2) is 29.3 Å². The number of nitrogens with zero attached hydrogens (tertiary/aromatic N) is 2.